The molecule has 2 heterocycles. The van der Waals surface area contributed by atoms with E-state index in [4.69, 9.17) is 0 Å². The third kappa shape index (κ3) is 3.91. The number of piperidine rings is 1. The summed E-state index contributed by atoms with van der Waals surface area (Å²) in [6, 6.07) is 2.50. The van der Waals surface area contributed by atoms with E-state index in [1.54, 1.807) is 6.07 Å². The van der Waals surface area contributed by atoms with Crippen LogP contribution in [0.1, 0.15) is 73.7 Å². The lowest BCUT2D eigenvalue weighted by atomic mass is 9.91. The van der Waals surface area contributed by atoms with Gasteiger partial charge in [-0.15, -0.1) is 0 Å². The van der Waals surface area contributed by atoms with E-state index in [1.165, 1.54) is 23.8 Å². The third-order valence-electron chi connectivity index (χ3n) is 7.37. The Balaban J connectivity index is 1.46. The molecule has 2 saturated carbocycles. The SMILES string of the molecule is O=C1CCC(N(CCC2CC2)c2ccc(F)c3c2CN(C2CCC(=O)NC2=O)C3=O)CC1. The van der Waals surface area contributed by atoms with Gasteiger partial charge in [0.05, 0.1) is 5.56 Å². The summed E-state index contributed by atoms with van der Waals surface area (Å²) in [6.07, 6.45) is 6.56. The Morgan fingerprint density at radius 3 is 2.44 bits per heavy atom. The number of hydrogen-bond acceptors (Lipinski definition) is 5. The van der Waals surface area contributed by atoms with Gasteiger partial charge in [0, 0.05) is 49.6 Å². The summed E-state index contributed by atoms with van der Waals surface area (Å²) in [4.78, 5) is 52.6. The number of nitrogens with one attached hydrogen (secondary N) is 1. The molecule has 2 aliphatic heterocycles. The van der Waals surface area contributed by atoms with Crippen LogP contribution in [0.15, 0.2) is 12.1 Å². The number of imide groups is 1. The fourth-order valence-corrected chi connectivity index (χ4v) is 5.35. The number of carbonyl (C=O) groups excluding carboxylic acids is 4. The standard InChI is InChI=1S/C24H28FN3O4/c25-18-7-8-19(27(12-11-14-1-2-14)15-3-5-16(29)6-4-15)17-13-28(24(32)22(17)18)20-9-10-21(30)26-23(20)31/h7-8,14-15,20H,1-6,9-13H2,(H,26,30,31). The summed E-state index contributed by atoms with van der Waals surface area (Å²) in [6.45, 7) is 0.966. The van der Waals surface area contributed by atoms with Crippen LogP contribution >= 0.6 is 0 Å². The van der Waals surface area contributed by atoms with Crippen LogP contribution in [0.5, 0.6) is 0 Å². The third-order valence-corrected chi connectivity index (χ3v) is 7.37. The van der Waals surface area contributed by atoms with Crippen molar-refractivity contribution in [1.29, 1.82) is 0 Å². The first-order chi connectivity index (χ1) is 15.4. The zero-order valence-electron chi connectivity index (χ0n) is 18.1. The summed E-state index contributed by atoms with van der Waals surface area (Å²) in [7, 11) is 0. The van der Waals surface area contributed by atoms with Crippen molar-refractivity contribution in [2.45, 2.75) is 76.4 Å². The Hall–Kier alpha value is -2.77. The summed E-state index contributed by atoms with van der Waals surface area (Å²) in [5.74, 6) is -0.912. The molecule has 4 aliphatic rings. The maximum atomic E-state index is 14.8. The van der Waals surface area contributed by atoms with Gasteiger partial charge in [-0.1, -0.05) is 12.8 Å². The highest BCUT2D eigenvalue weighted by molar-refractivity contribution is 6.06. The Morgan fingerprint density at radius 2 is 1.75 bits per heavy atom. The number of anilines is 1. The smallest absolute Gasteiger partial charge is 0.258 e. The van der Waals surface area contributed by atoms with Crippen LogP contribution in [-0.2, 0) is 20.9 Å². The molecular weight excluding hydrogens is 413 g/mol. The largest absolute Gasteiger partial charge is 0.368 e. The van der Waals surface area contributed by atoms with Gasteiger partial charge in [0.1, 0.15) is 17.6 Å². The number of hydrogen-bond donors (Lipinski definition) is 1. The van der Waals surface area contributed by atoms with E-state index >= 15 is 0 Å². The Kier molecular flexibility index (Phi) is 5.47. The fourth-order valence-electron chi connectivity index (χ4n) is 5.35. The van der Waals surface area contributed by atoms with Gasteiger partial charge in [-0.2, -0.15) is 0 Å². The van der Waals surface area contributed by atoms with Gasteiger partial charge in [-0.05, 0) is 43.7 Å². The van der Waals surface area contributed by atoms with Crippen LogP contribution in [-0.4, -0.2) is 47.0 Å². The van der Waals surface area contributed by atoms with Crippen LogP contribution in [0.2, 0.25) is 0 Å². The number of fused-ring (bicyclic) bond motifs is 1. The van der Waals surface area contributed by atoms with E-state index in [0.717, 1.165) is 37.4 Å². The van der Waals surface area contributed by atoms with Gasteiger partial charge in [0.25, 0.3) is 5.91 Å². The molecule has 1 aromatic carbocycles. The zero-order chi connectivity index (χ0) is 22.4. The van der Waals surface area contributed by atoms with Crippen molar-refractivity contribution in [3.63, 3.8) is 0 Å². The molecule has 3 fully saturated rings. The first-order valence-corrected chi connectivity index (χ1v) is 11.7. The Bertz CT molecular complexity index is 980. The minimum absolute atomic E-state index is 0.0375. The average Bonchev–Trinajstić information content (AvgIpc) is 3.53. The Morgan fingerprint density at radius 1 is 1.00 bits per heavy atom. The summed E-state index contributed by atoms with van der Waals surface area (Å²) < 4.78 is 14.8. The molecule has 1 atom stereocenters. The monoisotopic (exact) mass is 441 g/mol. The molecule has 1 N–H and O–H groups in total. The molecule has 2 aliphatic carbocycles. The van der Waals surface area contributed by atoms with E-state index in [9.17, 15) is 23.6 Å². The van der Waals surface area contributed by atoms with Crippen LogP contribution in [0.4, 0.5) is 10.1 Å². The minimum Gasteiger partial charge on any atom is -0.368 e. The topological polar surface area (TPSA) is 86.8 Å². The number of Topliss-reactive ketones (excluding diaryl/α,β-unsaturated/α-hetero) is 1. The van der Waals surface area contributed by atoms with Crippen molar-refractivity contribution in [3.05, 3.63) is 29.1 Å². The second kappa shape index (κ2) is 8.30. The van der Waals surface area contributed by atoms with Crippen molar-refractivity contribution in [2.24, 2.45) is 5.92 Å². The van der Waals surface area contributed by atoms with Crippen LogP contribution in [0, 0.1) is 11.7 Å². The molecular formula is C24H28FN3O4. The highest BCUT2D eigenvalue weighted by atomic mass is 19.1. The molecule has 0 radical (unpaired) electrons. The van der Waals surface area contributed by atoms with Crippen molar-refractivity contribution < 1.29 is 23.6 Å². The molecule has 8 heteroatoms. The quantitative estimate of drug-likeness (QED) is 0.686. The van der Waals surface area contributed by atoms with E-state index in [2.05, 4.69) is 10.2 Å². The van der Waals surface area contributed by atoms with Crippen molar-refractivity contribution in [2.75, 3.05) is 11.4 Å². The summed E-state index contributed by atoms with van der Waals surface area (Å²) >= 11 is 0. The average molecular weight is 442 g/mol. The lowest BCUT2D eigenvalue weighted by Gasteiger charge is -2.37. The number of nitrogens with zero attached hydrogens (tertiary/aromatic N) is 2. The second-order valence-corrected chi connectivity index (χ2v) is 9.52. The zero-order valence-corrected chi connectivity index (χ0v) is 18.1. The maximum Gasteiger partial charge on any atom is 0.258 e. The number of benzene rings is 1. The lowest BCUT2D eigenvalue weighted by molar-refractivity contribution is -0.137. The minimum atomic E-state index is -0.771. The number of amides is 3. The molecule has 3 amide bonds. The van der Waals surface area contributed by atoms with Crippen LogP contribution < -0.4 is 10.2 Å². The summed E-state index contributed by atoms with van der Waals surface area (Å²) in [5, 5.41) is 2.29. The van der Waals surface area contributed by atoms with E-state index < -0.39 is 23.7 Å². The molecule has 1 saturated heterocycles. The molecule has 7 nitrogen and oxygen atoms in total. The molecule has 0 aromatic heterocycles. The second-order valence-electron chi connectivity index (χ2n) is 9.52. The highest BCUT2D eigenvalue weighted by Gasteiger charge is 2.42. The predicted octanol–water partition coefficient (Wildman–Crippen LogP) is 2.70. The van der Waals surface area contributed by atoms with Gasteiger partial charge in [0.2, 0.25) is 11.8 Å². The van der Waals surface area contributed by atoms with Crippen LogP contribution in [0.3, 0.4) is 0 Å². The van der Waals surface area contributed by atoms with E-state index in [1.807, 2.05) is 0 Å². The first-order valence-electron chi connectivity index (χ1n) is 11.7. The predicted molar refractivity (Wildman–Crippen MR) is 114 cm³/mol. The van der Waals surface area contributed by atoms with Gasteiger partial charge < -0.3 is 9.80 Å². The lowest BCUT2D eigenvalue weighted by Crippen LogP contribution is -2.52. The molecule has 170 valence electrons. The molecule has 0 spiro atoms. The van der Waals surface area contributed by atoms with Gasteiger partial charge in [-0.3, -0.25) is 24.5 Å². The van der Waals surface area contributed by atoms with E-state index in [0.29, 0.717) is 18.4 Å². The molecule has 1 aromatic rings. The highest BCUT2D eigenvalue weighted by Crippen LogP contribution is 2.39. The molecule has 32 heavy (non-hydrogen) atoms. The fraction of sp³-hybridized carbons (Fsp3) is 0.583. The van der Waals surface area contributed by atoms with Crippen LogP contribution in [0.25, 0.3) is 0 Å². The van der Waals surface area contributed by atoms with Crippen molar-refractivity contribution >= 4 is 29.2 Å². The number of rotatable bonds is 6. The number of ketones is 1. The Labute approximate surface area is 186 Å². The van der Waals surface area contributed by atoms with Gasteiger partial charge in [-0.25, -0.2) is 4.39 Å². The molecule has 1 unspecified atom stereocenters. The van der Waals surface area contributed by atoms with E-state index in [-0.39, 0.29) is 42.7 Å². The van der Waals surface area contributed by atoms with Crippen molar-refractivity contribution in [1.82, 2.24) is 10.2 Å². The normalized spacial score (nSPS) is 24.0. The number of carbonyl (C=O) groups is 4. The molecule has 0 bridgehead atoms. The van der Waals surface area contributed by atoms with Gasteiger partial charge in [0.15, 0.2) is 0 Å². The van der Waals surface area contributed by atoms with Gasteiger partial charge >= 0.3 is 0 Å². The van der Waals surface area contributed by atoms with Crippen molar-refractivity contribution in [3.8, 4) is 0 Å². The number of halogens is 1. The molecule has 5 rings (SSSR count). The summed E-state index contributed by atoms with van der Waals surface area (Å²) in [5.41, 5.74) is 1.49. The first kappa shape index (κ1) is 21.1. The maximum absolute atomic E-state index is 14.8.